The SMILES string of the molecule is COc1cc(Cl)c(C)cc1NC1CCCC(S(C)(=O)=O)C1. The number of benzene rings is 1. The zero-order chi connectivity index (χ0) is 15.6. The molecule has 0 aliphatic heterocycles. The molecule has 0 aromatic heterocycles. The molecule has 0 bridgehead atoms. The summed E-state index contributed by atoms with van der Waals surface area (Å²) in [5.41, 5.74) is 1.84. The van der Waals surface area contributed by atoms with E-state index in [1.165, 1.54) is 6.26 Å². The van der Waals surface area contributed by atoms with Gasteiger partial charge in [0.15, 0.2) is 0 Å². The maximum atomic E-state index is 11.7. The van der Waals surface area contributed by atoms with E-state index in [2.05, 4.69) is 5.32 Å². The van der Waals surface area contributed by atoms with Gasteiger partial charge in [0.2, 0.25) is 0 Å². The molecule has 0 spiro atoms. The van der Waals surface area contributed by atoms with E-state index in [4.69, 9.17) is 16.3 Å². The first kappa shape index (κ1) is 16.4. The highest BCUT2D eigenvalue weighted by Crippen LogP contribution is 2.34. The van der Waals surface area contributed by atoms with Crippen molar-refractivity contribution in [2.75, 3.05) is 18.7 Å². The van der Waals surface area contributed by atoms with Crippen molar-refractivity contribution >= 4 is 27.1 Å². The summed E-state index contributed by atoms with van der Waals surface area (Å²) in [5.74, 6) is 0.687. The van der Waals surface area contributed by atoms with Gasteiger partial charge in [-0.1, -0.05) is 18.0 Å². The highest BCUT2D eigenvalue weighted by molar-refractivity contribution is 7.91. The molecule has 118 valence electrons. The van der Waals surface area contributed by atoms with E-state index in [9.17, 15) is 8.42 Å². The molecule has 1 N–H and O–H groups in total. The summed E-state index contributed by atoms with van der Waals surface area (Å²) in [5, 5.41) is 3.84. The van der Waals surface area contributed by atoms with Crippen LogP contribution < -0.4 is 10.1 Å². The van der Waals surface area contributed by atoms with Crippen LogP contribution in [0.1, 0.15) is 31.2 Å². The fourth-order valence-corrected chi connectivity index (χ4v) is 4.16. The molecule has 1 aliphatic rings. The third-order valence-corrected chi connectivity index (χ3v) is 6.12. The first-order valence-corrected chi connectivity index (χ1v) is 9.44. The van der Waals surface area contributed by atoms with Gasteiger partial charge in [0.25, 0.3) is 0 Å². The Balaban J connectivity index is 2.16. The molecule has 6 heteroatoms. The zero-order valence-corrected chi connectivity index (χ0v) is 14.2. The van der Waals surface area contributed by atoms with Crippen LogP contribution in [0.4, 0.5) is 5.69 Å². The Morgan fingerprint density at radius 3 is 2.67 bits per heavy atom. The van der Waals surface area contributed by atoms with Gasteiger partial charge < -0.3 is 10.1 Å². The van der Waals surface area contributed by atoms with E-state index in [-0.39, 0.29) is 11.3 Å². The Kier molecular flexibility index (Phi) is 5.04. The van der Waals surface area contributed by atoms with Gasteiger partial charge in [0, 0.05) is 23.4 Å². The largest absolute Gasteiger partial charge is 0.495 e. The minimum Gasteiger partial charge on any atom is -0.495 e. The molecule has 1 aromatic carbocycles. The second-order valence-corrected chi connectivity index (χ2v) is 8.49. The van der Waals surface area contributed by atoms with Crippen LogP contribution in [-0.2, 0) is 9.84 Å². The smallest absolute Gasteiger partial charge is 0.150 e. The summed E-state index contributed by atoms with van der Waals surface area (Å²) >= 11 is 6.10. The van der Waals surface area contributed by atoms with Gasteiger partial charge in [-0.25, -0.2) is 8.42 Å². The van der Waals surface area contributed by atoms with Crippen LogP contribution >= 0.6 is 11.6 Å². The van der Waals surface area contributed by atoms with E-state index in [0.29, 0.717) is 17.2 Å². The standard InChI is InChI=1S/C15H22ClNO3S/c1-10-7-14(15(20-2)9-13(10)16)17-11-5-4-6-12(8-11)21(3,18)19/h7,9,11-12,17H,4-6,8H2,1-3H3. The lowest BCUT2D eigenvalue weighted by atomic mass is 9.94. The van der Waals surface area contributed by atoms with Crippen molar-refractivity contribution in [1.82, 2.24) is 0 Å². The Morgan fingerprint density at radius 2 is 2.05 bits per heavy atom. The van der Waals surface area contributed by atoms with Gasteiger partial charge in [-0.2, -0.15) is 0 Å². The average molecular weight is 332 g/mol. The van der Waals surface area contributed by atoms with E-state index in [0.717, 1.165) is 30.5 Å². The molecule has 2 rings (SSSR count). The number of rotatable bonds is 4. The van der Waals surface area contributed by atoms with Gasteiger partial charge >= 0.3 is 0 Å². The van der Waals surface area contributed by atoms with Crippen LogP contribution in [0.15, 0.2) is 12.1 Å². The number of anilines is 1. The highest BCUT2D eigenvalue weighted by Gasteiger charge is 2.29. The summed E-state index contributed by atoms with van der Waals surface area (Å²) in [4.78, 5) is 0. The molecule has 1 saturated carbocycles. The summed E-state index contributed by atoms with van der Waals surface area (Å²) in [6.45, 7) is 1.94. The monoisotopic (exact) mass is 331 g/mol. The Bertz CT molecular complexity index is 616. The minimum absolute atomic E-state index is 0.146. The number of ether oxygens (including phenoxy) is 1. The molecule has 0 heterocycles. The Hall–Kier alpha value is -0.940. The van der Waals surface area contributed by atoms with E-state index >= 15 is 0 Å². The van der Waals surface area contributed by atoms with Gasteiger partial charge in [-0.05, 0) is 37.8 Å². The van der Waals surface area contributed by atoms with Crippen molar-refractivity contribution in [1.29, 1.82) is 0 Å². The lowest BCUT2D eigenvalue weighted by molar-refractivity contribution is 0.412. The topological polar surface area (TPSA) is 55.4 Å². The molecule has 2 unspecified atom stereocenters. The van der Waals surface area contributed by atoms with E-state index < -0.39 is 9.84 Å². The maximum Gasteiger partial charge on any atom is 0.150 e. The summed E-state index contributed by atoms with van der Waals surface area (Å²) in [6, 6.07) is 3.88. The molecule has 0 amide bonds. The first-order valence-electron chi connectivity index (χ1n) is 7.11. The predicted molar refractivity (Wildman–Crippen MR) is 87.3 cm³/mol. The highest BCUT2D eigenvalue weighted by atomic mass is 35.5. The molecular weight excluding hydrogens is 310 g/mol. The lowest BCUT2D eigenvalue weighted by Crippen LogP contribution is -2.34. The molecule has 0 saturated heterocycles. The minimum atomic E-state index is -2.97. The zero-order valence-electron chi connectivity index (χ0n) is 12.6. The average Bonchev–Trinajstić information content (AvgIpc) is 2.42. The molecule has 1 aromatic rings. The third kappa shape index (κ3) is 4.04. The Labute approximate surface area is 131 Å². The number of methoxy groups -OCH3 is 1. The molecule has 2 atom stereocenters. The molecule has 21 heavy (non-hydrogen) atoms. The van der Waals surface area contributed by atoms with Crippen LogP contribution in [0.3, 0.4) is 0 Å². The van der Waals surface area contributed by atoms with Gasteiger partial charge in [0.05, 0.1) is 18.0 Å². The van der Waals surface area contributed by atoms with Crippen molar-refractivity contribution in [3.8, 4) is 5.75 Å². The predicted octanol–water partition coefficient (Wildman–Crippen LogP) is 3.42. The van der Waals surface area contributed by atoms with Crippen LogP contribution in [0.2, 0.25) is 5.02 Å². The van der Waals surface area contributed by atoms with Crippen molar-refractivity contribution < 1.29 is 13.2 Å². The number of nitrogens with one attached hydrogen (secondary N) is 1. The van der Waals surface area contributed by atoms with Crippen molar-refractivity contribution in [3.05, 3.63) is 22.7 Å². The fourth-order valence-electron chi connectivity index (χ4n) is 2.83. The molecular formula is C15H22ClNO3S. The molecule has 0 radical (unpaired) electrons. The van der Waals surface area contributed by atoms with Crippen LogP contribution in [0.5, 0.6) is 5.75 Å². The molecule has 1 aliphatic carbocycles. The van der Waals surface area contributed by atoms with Crippen LogP contribution in [0, 0.1) is 6.92 Å². The lowest BCUT2D eigenvalue weighted by Gasteiger charge is -2.30. The number of hydrogen-bond acceptors (Lipinski definition) is 4. The van der Waals surface area contributed by atoms with Crippen molar-refractivity contribution in [2.45, 2.75) is 43.9 Å². The van der Waals surface area contributed by atoms with E-state index in [1.54, 1.807) is 13.2 Å². The number of sulfone groups is 1. The number of halogens is 1. The number of aryl methyl sites for hydroxylation is 1. The van der Waals surface area contributed by atoms with Crippen LogP contribution in [-0.4, -0.2) is 33.1 Å². The quantitative estimate of drug-likeness (QED) is 0.918. The molecule has 1 fully saturated rings. The van der Waals surface area contributed by atoms with Crippen molar-refractivity contribution in [3.63, 3.8) is 0 Å². The van der Waals surface area contributed by atoms with Crippen molar-refractivity contribution in [2.24, 2.45) is 0 Å². The van der Waals surface area contributed by atoms with Gasteiger partial charge in [-0.15, -0.1) is 0 Å². The first-order chi connectivity index (χ1) is 9.81. The van der Waals surface area contributed by atoms with E-state index in [1.807, 2.05) is 13.0 Å². The second kappa shape index (κ2) is 6.44. The van der Waals surface area contributed by atoms with Gasteiger partial charge in [0.1, 0.15) is 15.6 Å². The van der Waals surface area contributed by atoms with Gasteiger partial charge in [-0.3, -0.25) is 0 Å². The number of hydrogen-bond donors (Lipinski definition) is 1. The normalized spacial score (nSPS) is 22.9. The summed E-state index contributed by atoms with van der Waals surface area (Å²) in [7, 11) is -1.37. The third-order valence-electron chi connectivity index (χ3n) is 4.07. The Morgan fingerprint density at radius 1 is 1.33 bits per heavy atom. The van der Waals surface area contributed by atoms with Crippen LogP contribution in [0.25, 0.3) is 0 Å². The summed E-state index contributed by atoms with van der Waals surface area (Å²) < 4.78 is 28.8. The fraction of sp³-hybridized carbons (Fsp3) is 0.600. The molecule has 4 nitrogen and oxygen atoms in total. The maximum absolute atomic E-state index is 11.7. The summed E-state index contributed by atoms with van der Waals surface area (Å²) in [6.07, 6.45) is 4.62. The second-order valence-electron chi connectivity index (χ2n) is 5.76.